The zero-order valence-corrected chi connectivity index (χ0v) is 18.9. The highest BCUT2D eigenvalue weighted by molar-refractivity contribution is 7.99. The first-order chi connectivity index (χ1) is 13.0. The molecule has 1 heterocycles. The molecular weight excluding hydrogens is 392 g/mol. The smallest absolute Gasteiger partial charge is 0.244 e. The van der Waals surface area contributed by atoms with Crippen LogP contribution in [0.1, 0.15) is 61.0 Å². The molecule has 5 nitrogen and oxygen atoms in total. The van der Waals surface area contributed by atoms with Gasteiger partial charge in [-0.2, -0.15) is 0 Å². The molecule has 0 aliphatic carbocycles. The Morgan fingerprint density at radius 1 is 1.07 bits per heavy atom. The molecule has 0 saturated carbocycles. The highest BCUT2D eigenvalue weighted by Gasteiger charge is 2.18. The Hall–Kier alpha value is -1.70. The van der Waals surface area contributed by atoms with E-state index in [-0.39, 0.29) is 22.3 Å². The Morgan fingerprint density at radius 3 is 2.25 bits per heavy atom. The lowest BCUT2D eigenvalue weighted by Gasteiger charge is -2.15. The lowest BCUT2D eigenvalue weighted by Crippen LogP contribution is -2.22. The predicted octanol–water partition coefficient (Wildman–Crippen LogP) is 4.55. The van der Waals surface area contributed by atoms with Gasteiger partial charge in [0.25, 0.3) is 0 Å². The average Bonchev–Trinajstić information content (AvgIpc) is 2.65. The third kappa shape index (κ3) is 5.21. The van der Waals surface area contributed by atoms with Gasteiger partial charge in [0.05, 0.1) is 10.8 Å². The molecule has 0 radical (unpaired) electrons. The molecule has 0 N–H and O–H groups in total. The molecule has 0 spiro atoms. The van der Waals surface area contributed by atoms with Gasteiger partial charge < -0.3 is 0 Å². The highest BCUT2D eigenvalue weighted by atomic mass is 32.2. The van der Waals surface area contributed by atoms with Crippen LogP contribution in [0, 0.1) is 0 Å². The summed E-state index contributed by atoms with van der Waals surface area (Å²) in [5.74, 6) is 0.984. The third-order valence-corrected chi connectivity index (χ3v) is 7.25. The van der Waals surface area contributed by atoms with Crippen molar-refractivity contribution in [2.75, 3.05) is 19.8 Å². The number of aromatic nitrogens is 1. The van der Waals surface area contributed by atoms with E-state index in [9.17, 15) is 13.2 Å². The van der Waals surface area contributed by atoms with Gasteiger partial charge in [-0.15, -0.1) is 0 Å². The van der Waals surface area contributed by atoms with E-state index in [0.717, 1.165) is 15.4 Å². The minimum Gasteiger partial charge on any atom is -0.293 e. The lowest BCUT2D eigenvalue weighted by atomic mass is 9.90. The zero-order valence-electron chi connectivity index (χ0n) is 17.3. The molecule has 0 amide bonds. The number of thioether (sulfide) groups is 1. The standard InChI is InChI=1S/C21H28N2O3S2/c1-14(2)16-7-9-18(19(11-16)15(3)4)20(24)13-27-21-10-8-17(12-22-21)28(25,26)23(5)6/h7-12,14-15H,13H2,1-6H3. The Labute approximate surface area is 172 Å². The minimum atomic E-state index is -3.50. The number of nitrogens with zero attached hydrogens (tertiary/aromatic N) is 2. The Bertz CT molecular complexity index is 935. The molecule has 7 heteroatoms. The molecule has 152 valence electrons. The topological polar surface area (TPSA) is 67.3 Å². The summed E-state index contributed by atoms with van der Waals surface area (Å²) in [6.45, 7) is 8.47. The van der Waals surface area contributed by atoms with E-state index < -0.39 is 10.0 Å². The molecule has 1 aromatic carbocycles. The summed E-state index contributed by atoms with van der Waals surface area (Å²) in [7, 11) is -0.540. The fourth-order valence-electron chi connectivity index (χ4n) is 2.70. The molecule has 0 aliphatic rings. The molecule has 0 unspecified atom stereocenters. The van der Waals surface area contributed by atoms with Crippen molar-refractivity contribution in [3.63, 3.8) is 0 Å². The van der Waals surface area contributed by atoms with Crippen molar-refractivity contribution >= 4 is 27.6 Å². The van der Waals surface area contributed by atoms with Crippen LogP contribution in [-0.2, 0) is 10.0 Å². The van der Waals surface area contributed by atoms with Gasteiger partial charge in [-0.3, -0.25) is 4.79 Å². The zero-order chi connectivity index (χ0) is 21.1. The summed E-state index contributed by atoms with van der Waals surface area (Å²) in [6.07, 6.45) is 1.33. The van der Waals surface area contributed by atoms with Crippen LogP contribution in [0.5, 0.6) is 0 Å². The summed E-state index contributed by atoms with van der Waals surface area (Å²) in [4.78, 5) is 17.1. The second kappa shape index (κ2) is 9.20. The summed E-state index contributed by atoms with van der Waals surface area (Å²) in [6, 6.07) is 9.24. The van der Waals surface area contributed by atoms with E-state index in [0.29, 0.717) is 10.9 Å². The van der Waals surface area contributed by atoms with E-state index in [1.165, 1.54) is 43.7 Å². The molecule has 0 fully saturated rings. The number of ketones is 1. The molecule has 2 rings (SSSR count). The SMILES string of the molecule is CC(C)c1ccc(C(=O)CSc2ccc(S(=O)(=O)N(C)C)cn2)c(C(C)C)c1. The number of benzene rings is 1. The van der Waals surface area contributed by atoms with E-state index in [1.54, 1.807) is 6.07 Å². The highest BCUT2D eigenvalue weighted by Crippen LogP contribution is 2.27. The Morgan fingerprint density at radius 2 is 1.75 bits per heavy atom. The number of carbonyl (C=O) groups excluding carboxylic acids is 1. The lowest BCUT2D eigenvalue weighted by molar-refractivity contribution is 0.102. The second-order valence-corrected chi connectivity index (χ2v) is 10.6. The largest absolute Gasteiger partial charge is 0.293 e. The van der Waals surface area contributed by atoms with Gasteiger partial charge in [-0.25, -0.2) is 17.7 Å². The maximum atomic E-state index is 12.8. The molecule has 0 saturated heterocycles. The number of hydrogen-bond acceptors (Lipinski definition) is 5. The molecule has 0 atom stereocenters. The van der Waals surface area contributed by atoms with Crippen LogP contribution >= 0.6 is 11.8 Å². The fourth-order valence-corrected chi connectivity index (χ4v) is 4.28. The number of Topliss-reactive ketones (excluding diaryl/α,β-unsaturated/α-hetero) is 1. The van der Waals surface area contributed by atoms with Crippen LogP contribution in [0.3, 0.4) is 0 Å². The van der Waals surface area contributed by atoms with E-state index in [1.807, 2.05) is 12.1 Å². The average molecular weight is 421 g/mol. The molecular formula is C21H28N2O3S2. The van der Waals surface area contributed by atoms with Gasteiger partial charge in [0.15, 0.2) is 5.78 Å². The monoisotopic (exact) mass is 420 g/mol. The minimum absolute atomic E-state index is 0.0517. The number of carbonyl (C=O) groups is 1. The molecule has 2 aromatic rings. The van der Waals surface area contributed by atoms with E-state index in [4.69, 9.17) is 0 Å². The maximum Gasteiger partial charge on any atom is 0.244 e. The molecule has 28 heavy (non-hydrogen) atoms. The predicted molar refractivity (Wildman–Crippen MR) is 115 cm³/mol. The van der Waals surface area contributed by atoms with Crippen molar-refractivity contribution < 1.29 is 13.2 Å². The summed E-state index contributed by atoms with van der Waals surface area (Å²) < 4.78 is 25.3. The van der Waals surface area contributed by atoms with E-state index in [2.05, 4.69) is 38.7 Å². The van der Waals surface area contributed by atoms with Crippen molar-refractivity contribution in [2.45, 2.75) is 49.5 Å². The summed E-state index contributed by atoms with van der Waals surface area (Å²) >= 11 is 1.31. The second-order valence-electron chi connectivity index (χ2n) is 7.49. The van der Waals surface area contributed by atoms with Crippen LogP contribution < -0.4 is 0 Å². The van der Waals surface area contributed by atoms with Crippen molar-refractivity contribution in [1.29, 1.82) is 0 Å². The normalized spacial score (nSPS) is 12.2. The Kier molecular flexibility index (Phi) is 7.42. The van der Waals surface area contributed by atoms with Crippen LogP contribution in [0.4, 0.5) is 0 Å². The number of pyridine rings is 1. The summed E-state index contributed by atoms with van der Waals surface area (Å²) in [5.41, 5.74) is 3.04. The summed E-state index contributed by atoms with van der Waals surface area (Å²) in [5, 5.41) is 0.621. The Balaban J connectivity index is 2.14. The molecule has 0 bridgehead atoms. The van der Waals surface area contributed by atoms with Crippen LogP contribution in [0.25, 0.3) is 0 Å². The number of hydrogen-bond donors (Lipinski definition) is 0. The first-order valence-corrected chi connectivity index (χ1v) is 11.6. The number of sulfonamides is 1. The van der Waals surface area contributed by atoms with Gasteiger partial charge in [0, 0.05) is 25.9 Å². The van der Waals surface area contributed by atoms with Crippen molar-refractivity contribution in [3.8, 4) is 0 Å². The third-order valence-electron chi connectivity index (χ3n) is 4.50. The quantitative estimate of drug-likeness (QED) is 0.463. The van der Waals surface area contributed by atoms with Gasteiger partial charge in [0.1, 0.15) is 4.90 Å². The van der Waals surface area contributed by atoms with Crippen LogP contribution in [0.2, 0.25) is 0 Å². The maximum absolute atomic E-state index is 12.8. The van der Waals surface area contributed by atoms with Gasteiger partial charge in [-0.1, -0.05) is 57.7 Å². The fraction of sp³-hybridized carbons (Fsp3) is 0.429. The van der Waals surface area contributed by atoms with E-state index >= 15 is 0 Å². The van der Waals surface area contributed by atoms with Crippen LogP contribution in [-0.4, -0.2) is 43.3 Å². The van der Waals surface area contributed by atoms with Crippen LogP contribution in [0.15, 0.2) is 46.5 Å². The van der Waals surface area contributed by atoms with Gasteiger partial charge in [-0.05, 0) is 35.1 Å². The van der Waals surface area contributed by atoms with Gasteiger partial charge >= 0.3 is 0 Å². The first kappa shape index (κ1) is 22.6. The van der Waals surface area contributed by atoms with Crippen molar-refractivity contribution in [1.82, 2.24) is 9.29 Å². The van der Waals surface area contributed by atoms with Crippen molar-refractivity contribution in [3.05, 3.63) is 53.2 Å². The molecule has 1 aromatic heterocycles. The number of rotatable bonds is 8. The molecule has 0 aliphatic heterocycles. The van der Waals surface area contributed by atoms with Crippen molar-refractivity contribution in [2.24, 2.45) is 0 Å². The van der Waals surface area contributed by atoms with Gasteiger partial charge in [0.2, 0.25) is 10.0 Å². The first-order valence-electron chi connectivity index (χ1n) is 9.22.